The van der Waals surface area contributed by atoms with Crippen LogP contribution >= 0.6 is 0 Å². The second-order valence-corrected chi connectivity index (χ2v) is 9.90. The molecular formula is C27H42N4O8. The van der Waals surface area contributed by atoms with Crippen molar-refractivity contribution in [3.63, 3.8) is 0 Å². The van der Waals surface area contributed by atoms with E-state index in [1.165, 1.54) is 17.0 Å². The Kier molecular flexibility index (Phi) is 13.8. The minimum Gasteiger partial charge on any atom is -0.508 e. The van der Waals surface area contributed by atoms with Gasteiger partial charge in [0, 0.05) is 25.1 Å². The molecule has 2 atom stereocenters. The van der Waals surface area contributed by atoms with Crippen LogP contribution < -0.4 is 16.4 Å². The summed E-state index contributed by atoms with van der Waals surface area (Å²) in [6.07, 6.45) is -0.126. The molecule has 12 nitrogen and oxygen atoms in total. The number of phenolic OH excluding ortho intramolecular Hbond substituents is 1. The molecule has 2 unspecified atom stereocenters. The summed E-state index contributed by atoms with van der Waals surface area (Å²) in [5.41, 5.74) is 4.61. The van der Waals surface area contributed by atoms with Crippen LogP contribution in [0, 0.1) is 0 Å². The van der Waals surface area contributed by atoms with Crippen LogP contribution in [0.15, 0.2) is 24.3 Å². The first-order valence-electron chi connectivity index (χ1n) is 13.1. The number of phenols is 1. The van der Waals surface area contributed by atoms with E-state index in [1.54, 1.807) is 39.8 Å². The molecule has 1 rings (SSSR count). The summed E-state index contributed by atoms with van der Waals surface area (Å²) in [6, 6.07) is 3.54. The van der Waals surface area contributed by atoms with Crippen LogP contribution in [0.4, 0.5) is 4.79 Å². The maximum atomic E-state index is 13.9. The number of carbonyl (C=O) groups excluding carboxylic acids is 5. The van der Waals surface area contributed by atoms with Gasteiger partial charge >= 0.3 is 12.1 Å². The maximum absolute atomic E-state index is 13.9. The van der Waals surface area contributed by atoms with Crippen molar-refractivity contribution in [1.29, 1.82) is 0 Å². The molecule has 39 heavy (non-hydrogen) atoms. The van der Waals surface area contributed by atoms with E-state index in [4.69, 9.17) is 15.2 Å². The van der Waals surface area contributed by atoms with Crippen molar-refractivity contribution < 1.29 is 38.6 Å². The Balaban J connectivity index is 3.42. The lowest BCUT2D eigenvalue weighted by molar-refractivity contribution is -0.144. The average Bonchev–Trinajstić information content (AvgIpc) is 2.83. The Morgan fingerprint density at radius 1 is 1.08 bits per heavy atom. The Labute approximate surface area is 229 Å². The first-order chi connectivity index (χ1) is 18.3. The van der Waals surface area contributed by atoms with Crippen LogP contribution in [0.5, 0.6) is 5.75 Å². The molecule has 0 aliphatic heterocycles. The van der Waals surface area contributed by atoms with E-state index < -0.39 is 47.5 Å². The lowest BCUT2D eigenvalue weighted by Crippen LogP contribution is -2.53. The molecule has 1 aromatic rings. The van der Waals surface area contributed by atoms with E-state index in [1.807, 2.05) is 6.92 Å². The minimum atomic E-state index is -1.30. The van der Waals surface area contributed by atoms with Gasteiger partial charge in [0.25, 0.3) is 0 Å². The zero-order valence-corrected chi connectivity index (χ0v) is 23.5. The van der Waals surface area contributed by atoms with Gasteiger partial charge in [-0.3, -0.25) is 19.2 Å². The number of hydrogen-bond donors (Lipinski definition) is 4. The van der Waals surface area contributed by atoms with E-state index in [-0.39, 0.29) is 50.3 Å². The van der Waals surface area contributed by atoms with Gasteiger partial charge in [0.1, 0.15) is 23.4 Å². The van der Waals surface area contributed by atoms with Crippen LogP contribution in [0.2, 0.25) is 0 Å². The van der Waals surface area contributed by atoms with E-state index >= 15 is 0 Å². The van der Waals surface area contributed by atoms with E-state index in [2.05, 4.69) is 10.6 Å². The maximum Gasteiger partial charge on any atom is 0.408 e. The fraction of sp³-hybridized carbons (Fsp3) is 0.593. The summed E-state index contributed by atoms with van der Waals surface area (Å²) >= 11 is 0. The van der Waals surface area contributed by atoms with Crippen LogP contribution in [0.1, 0.15) is 78.3 Å². The van der Waals surface area contributed by atoms with Crippen molar-refractivity contribution >= 4 is 29.8 Å². The number of primary amides is 1. The number of aromatic hydroxyl groups is 1. The molecule has 12 heteroatoms. The molecule has 5 N–H and O–H groups in total. The van der Waals surface area contributed by atoms with Gasteiger partial charge in [0.2, 0.25) is 17.7 Å². The van der Waals surface area contributed by atoms with Crippen LogP contribution in [0.25, 0.3) is 0 Å². The number of esters is 1. The predicted octanol–water partition coefficient (Wildman–Crippen LogP) is 2.29. The lowest BCUT2D eigenvalue weighted by Gasteiger charge is -2.34. The van der Waals surface area contributed by atoms with E-state index in [9.17, 15) is 29.1 Å². The highest BCUT2D eigenvalue weighted by atomic mass is 16.6. The monoisotopic (exact) mass is 550 g/mol. The molecule has 0 spiro atoms. The molecule has 4 amide bonds. The number of amides is 4. The quantitative estimate of drug-likeness (QED) is 0.240. The fourth-order valence-corrected chi connectivity index (χ4v) is 3.68. The number of nitrogens with two attached hydrogens (primary N) is 1. The Bertz CT molecular complexity index is 992. The number of carbonyl (C=O) groups is 5. The molecule has 0 aliphatic rings. The van der Waals surface area contributed by atoms with Crippen molar-refractivity contribution in [2.45, 2.75) is 84.4 Å². The summed E-state index contributed by atoms with van der Waals surface area (Å²) in [7, 11) is 0. The molecule has 0 fully saturated rings. The molecule has 0 bridgehead atoms. The Morgan fingerprint density at radius 2 is 1.74 bits per heavy atom. The number of hydrogen-bond acceptors (Lipinski definition) is 8. The zero-order chi connectivity index (χ0) is 29.6. The van der Waals surface area contributed by atoms with Gasteiger partial charge in [-0.15, -0.1) is 0 Å². The van der Waals surface area contributed by atoms with Gasteiger partial charge in [-0.2, -0.15) is 0 Å². The number of nitrogens with one attached hydrogen (secondary N) is 2. The van der Waals surface area contributed by atoms with Crippen molar-refractivity contribution in [1.82, 2.24) is 15.5 Å². The summed E-state index contributed by atoms with van der Waals surface area (Å²) < 4.78 is 10.2. The molecule has 0 heterocycles. The number of rotatable bonds is 15. The number of nitrogens with zero attached hydrogens (tertiary/aromatic N) is 1. The van der Waals surface area contributed by atoms with E-state index in [0.29, 0.717) is 12.8 Å². The molecule has 0 saturated heterocycles. The van der Waals surface area contributed by atoms with Crippen molar-refractivity contribution in [3.8, 4) is 5.75 Å². The number of para-hydroxylation sites is 1. The van der Waals surface area contributed by atoms with Crippen LogP contribution in [0.3, 0.4) is 0 Å². The molecule has 0 aromatic heterocycles. The molecular weight excluding hydrogens is 508 g/mol. The third-order valence-electron chi connectivity index (χ3n) is 5.43. The third-order valence-corrected chi connectivity index (χ3v) is 5.43. The summed E-state index contributed by atoms with van der Waals surface area (Å²) in [6.45, 7) is 8.80. The van der Waals surface area contributed by atoms with E-state index in [0.717, 1.165) is 0 Å². The number of alkyl carbamates (subject to hydrolysis) is 1. The lowest BCUT2D eigenvalue weighted by atomic mass is 10.00. The second-order valence-electron chi connectivity index (χ2n) is 9.90. The van der Waals surface area contributed by atoms with Gasteiger partial charge in [0.05, 0.1) is 13.0 Å². The zero-order valence-electron chi connectivity index (χ0n) is 23.5. The first-order valence-corrected chi connectivity index (χ1v) is 13.1. The minimum absolute atomic E-state index is 0.0567. The highest BCUT2D eigenvalue weighted by molar-refractivity contribution is 5.93. The number of ether oxygens (including phenoxy) is 2. The topological polar surface area (TPSA) is 177 Å². The van der Waals surface area contributed by atoms with Crippen molar-refractivity contribution in [3.05, 3.63) is 29.8 Å². The van der Waals surface area contributed by atoms with Gasteiger partial charge in [0.15, 0.2) is 0 Å². The molecule has 1 aromatic carbocycles. The third kappa shape index (κ3) is 12.1. The highest BCUT2D eigenvalue weighted by Crippen LogP contribution is 2.30. The molecule has 0 radical (unpaired) electrons. The Hall–Kier alpha value is -3.83. The summed E-state index contributed by atoms with van der Waals surface area (Å²) in [4.78, 5) is 64.5. The standard InChI is InChI=1S/C27H42N4O8/c1-6-8-17-31(25(36)19(13-14-21(28)33)30-26(37)39-27(3,4)5)23(18-11-9-10-12-20(18)32)24(35)29-16-15-22(34)38-7-2/h9-12,19,23,32H,6-8,13-17H2,1-5H3,(H2,28,33)(H,29,35)(H,30,37). The number of benzene rings is 1. The summed E-state index contributed by atoms with van der Waals surface area (Å²) in [5, 5.41) is 15.8. The SMILES string of the molecule is CCCCN(C(=O)C(CCC(N)=O)NC(=O)OC(C)(C)C)C(C(=O)NCCC(=O)OCC)c1ccccc1O. The van der Waals surface area contributed by atoms with Gasteiger partial charge in [-0.05, 0) is 46.6 Å². The highest BCUT2D eigenvalue weighted by Gasteiger charge is 2.37. The normalized spacial score (nSPS) is 12.5. The predicted molar refractivity (Wildman–Crippen MR) is 143 cm³/mol. The van der Waals surface area contributed by atoms with Gasteiger partial charge < -0.3 is 35.8 Å². The molecule has 0 aliphatic carbocycles. The molecule has 218 valence electrons. The van der Waals surface area contributed by atoms with Gasteiger partial charge in [-0.25, -0.2) is 4.79 Å². The fourth-order valence-electron chi connectivity index (χ4n) is 3.68. The smallest absolute Gasteiger partial charge is 0.408 e. The van der Waals surface area contributed by atoms with Crippen molar-refractivity contribution in [2.75, 3.05) is 19.7 Å². The Morgan fingerprint density at radius 3 is 2.31 bits per heavy atom. The van der Waals surface area contributed by atoms with Crippen LogP contribution in [-0.4, -0.2) is 71.1 Å². The van der Waals surface area contributed by atoms with Crippen molar-refractivity contribution in [2.24, 2.45) is 5.73 Å². The first kappa shape index (κ1) is 33.2. The second kappa shape index (κ2) is 16.2. The average molecular weight is 551 g/mol. The number of unbranched alkanes of at least 4 members (excludes halogenated alkanes) is 1. The molecule has 0 saturated carbocycles. The largest absolute Gasteiger partial charge is 0.508 e. The van der Waals surface area contributed by atoms with Gasteiger partial charge in [-0.1, -0.05) is 31.5 Å². The summed E-state index contributed by atoms with van der Waals surface area (Å²) in [5.74, 6) is -2.69. The van der Waals surface area contributed by atoms with Crippen LogP contribution in [-0.2, 0) is 28.7 Å².